The summed E-state index contributed by atoms with van der Waals surface area (Å²) < 4.78 is 5.43. The second-order valence-corrected chi connectivity index (χ2v) is 6.38. The summed E-state index contributed by atoms with van der Waals surface area (Å²) in [6.07, 6.45) is 2.77. The van der Waals surface area contributed by atoms with Gasteiger partial charge in [0, 0.05) is 12.1 Å². The van der Waals surface area contributed by atoms with Crippen molar-refractivity contribution in [3.8, 4) is 0 Å². The van der Waals surface area contributed by atoms with E-state index in [2.05, 4.69) is 0 Å². The molecule has 1 aliphatic carbocycles. The summed E-state index contributed by atoms with van der Waals surface area (Å²) in [5.74, 6) is 0.315. The number of nitrogens with two attached hydrogens (primary N) is 1. The van der Waals surface area contributed by atoms with Crippen LogP contribution in [0.2, 0.25) is 0 Å². The fourth-order valence-electron chi connectivity index (χ4n) is 3.28. The van der Waals surface area contributed by atoms with Gasteiger partial charge >= 0.3 is 6.09 Å². The third-order valence-electron chi connectivity index (χ3n) is 3.98. The molecule has 1 aliphatic heterocycles. The lowest BCUT2D eigenvalue weighted by Crippen LogP contribution is -2.49. The van der Waals surface area contributed by atoms with E-state index < -0.39 is 5.60 Å². The maximum absolute atomic E-state index is 12.3. The summed E-state index contributed by atoms with van der Waals surface area (Å²) in [5, 5.41) is 9.48. The quantitative estimate of drug-likeness (QED) is 0.736. The van der Waals surface area contributed by atoms with Crippen LogP contribution in [0.3, 0.4) is 0 Å². The maximum Gasteiger partial charge on any atom is 0.410 e. The summed E-state index contributed by atoms with van der Waals surface area (Å²) >= 11 is 0. The number of carbonyl (C=O) groups is 1. The molecule has 0 aromatic heterocycles. The SMILES string of the molecule is CC(C)(C)OC(=O)N1[C@H](CO)[C@H](N)[C@H]2CCC[C@H]21. The summed E-state index contributed by atoms with van der Waals surface area (Å²) in [4.78, 5) is 13.9. The van der Waals surface area contributed by atoms with Gasteiger partial charge < -0.3 is 15.6 Å². The zero-order valence-electron chi connectivity index (χ0n) is 11.4. The Hall–Kier alpha value is -0.810. The molecule has 0 unspecified atom stereocenters. The highest BCUT2D eigenvalue weighted by molar-refractivity contribution is 5.70. The number of hydrogen-bond acceptors (Lipinski definition) is 4. The van der Waals surface area contributed by atoms with E-state index in [4.69, 9.17) is 10.5 Å². The van der Waals surface area contributed by atoms with Gasteiger partial charge in [0.25, 0.3) is 0 Å². The molecule has 0 spiro atoms. The average molecular weight is 256 g/mol. The predicted molar refractivity (Wildman–Crippen MR) is 68.1 cm³/mol. The number of likely N-dealkylation sites (tertiary alicyclic amines) is 1. The summed E-state index contributed by atoms with van der Waals surface area (Å²) in [7, 11) is 0. The van der Waals surface area contributed by atoms with Crippen molar-refractivity contribution in [1.29, 1.82) is 0 Å². The van der Waals surface area contributed by atoms with Crippen molar-refractivity contribution in [3.05, 3.63) is 0 Å². The monoisotopic (exact) mass is 256 g/mol. The van der Waals surface area contributed by atoms with Crippen molar-refractivity contribution in [3.63, 3.8) is 0 Å². The van der Waals surface area contributed by atoms with Gasteiger partial charge in [0.1, 0.15) is 5.60 Å². The summed E-state index contributed by atoms with van der Waals surface area (Å²) in [5.41, 5.74) is 5.64. The van der Waals surface area contributed by atoms with Gasteiger partial charge in [-0.2, -0.15) is 0 Å². The molecule has 5 heteroatoms. The lowest BCUT2D eigenvalue weighted by molar-refractivity contribution is 0.00765. The number of carbonyl (C=O) groups excluding carboxylic acids is 1. The van der Waals surface area contributed by atoms with E-state index in [9.17, 15) is 9.90 Å². The minimum Gasteiger partial charge on any atom is -0.444 e. The van der Waals surface area contributed by atoms with Crippen LogP contribution in [-0.4, -0.2) is 46.4 Å². The van der Waals surface area contributed by atoms with E-state index in [0.717, 1.165) is 19.3 Å². The fraction of sp³-hybridized carbons (Fsp3) is 0.923. The Morgan fingerprint density at radius 1 is 1.44 bits per heavy atom. The number of rotatable bonds is 1. The number of fused-ring (bicyclic) bond motifs is 1. The fourth-order valence-corrected chi connectivity index (χ4v) is 3.28. The minimum atomic E-state index is -0.516. The maximum atomic E-state index is 12.3. The van der Waals surface area contributed by atoms with E-state index in [1.54, 1.807) is 4.90 Å². The zero-order valence-corrected chi connectivity index (χ0v) is 11.4. The Balaban J connectivity index is 2.16. The lowest BCUT2D eigenvalue weighted by atomic mass is 9.97. The Labute approximate surface area is 108 Å². The molecular weight excluding hydrogens is 232 g/mol. The van der Waals surface area contributed by atoms with Gasteiger partial charge in [-0.1, -0.05) is 6.42 Å². The molecule has 3 N–H and O–H groups in total. The Bertz CT molecular complexity index is 325. The molecule has 1 saturated heterocycles. The van der Waals surface area contributed by atoms with Crippen molar-refractivity contribution in [1.82, 2.24) is 4.90 Å². The Kier molecular flexibility index (Phi) is 3.56. The van der Waals surface area contributed by atoms with Gasteiger partial charge in [-0.15, -0.1) is 0 Å². The van der Waals surface area contributed by atoms with Crippen molar-refractivity contribution in [2.75, 3.05) is 6.61 Å². The first kappa shape index (κ1) is 13.6. The van der Waals surface area contributed by atoms with Crippen LogP contribution < -0.4 is 5.73 Å². The van der Waals surface area contributed by atoms with E-state index >= 15 is 0 Å². The molecule has 0 aromatic rings. The molecule has 1 saturated carbocycles. The van der Waals surface area contributed by atoms with Crippen molar-refractivity contribution in [2.45, 2.75) is 63.8 Å². The summed E-state index contributed by atoms with van der Waals surface area (Å²) in [6.45, 7) is 5.45. The van der Waals surface area contributed by atoms with Crippen LogP contribution in [0.1, 0.15) is 40.0 Å². The molecule has 0 radical (unpaired) electrons. The van der Waals surface area contributed by atoms with Crippen LogP contribution in [0.4, 0.5) is 4.79 Å². The van der Waals surface area contributed by atoms with Crippen LogP contribution in [0.25, 0.3) is 0 Å². The average Bonchev–Trinajstić information content (AvgIpc) is 2.77. The molecule has 2 aliphatic rings. The molecule has 18 heavy (non-hydrogen) atoms. The van der Waals surface area contributed by atoms with Gasteiger partial charge in [0.05, 0.1) is 12.6 Å². The van der Waals surface area contributed by atoms with E-state index in [1.807, 2.05) is 20.8 Å². The van der Waals surface area contributed by atoms with Crippen LogP contribution in [-0.2, 0) is 4.74 Å². The topological polar surface area (TPSA) is 75.8 Å². The van der Waals surface area contributed by atoms with Crippen molar-refractivity contribution in [2.24, 2.45) is 11.7 Å². The number of ether oxygens (including phenoxy) is 1. The second kappa shape index (κ2) is 4.70. The molecule has 4 atom stereocenters. The minimum absolute atomic E-state index is 0.0899. The standard InChI is InChI=1S/C13H24N2O3/c1-13(2,3)18-12(17)15-9-6-4-5-8(9)11(14)10(15)7-16/h8-11,16H,4-7,14H2,1-3H3/t8-,9+,10+,11+/m0/s1. The molecular formula is C13H24N2O3. The van der Waals surface area contributed by atoms with Gasteiger partial charge in [0.2, 0.25) is 0 Å². The molecule has 1 amide bonds. The lowest BCUT2D eigenvalue weighted by Gasteiger charge is -2.31. The van der Waals surface area contributed by atoms with Crippen LogP contribution in [0.15, 0.2) is 0 Å². The van der Waals surface area contributed by atoms with Gasteiger partial charge in [-0.05, 0) is 39.5 Å². The Morgan fingerprint density at radius 3 is 2.67 bits per heavy atom. The van der Waals surface area contributed by atoms with Crippen molar-refractivity contribution >= 4 is 6.09 Å². The van der Waals surface area contributed by atoms with Gasteiger partial charge in [-0.25, -0.2) is 4.79 Å². The molecule has 5 nitrogen and oxygen atoms in total. The molecule has 2 fully saturated rings. The Morgan fingerprint density at radius 2 is 2.11 bits per heavy atom. The molecule has 0 bridgehead atoms. The molecule has 1 heterocycles. The highest BCUT2D eigenvalue weighted by atomic mass is 16.6. The van der Waals surface area contributed by atoms with Crippen LogP contribution in [0.5, 0.6) is 0 Å². The van der Waals surface area contributed by atoms with Crippen molar-refractivity contribution < 1.29 is 14.6 Å². The predicted octanol–water partition coefficient (Wildman–Crippen LogP) is 1.09. The molecule has 104 valence electrons. The molecule has 2 rings (SSSR count). The number of hydrogen-bond donors (Lipinski definition) is 2. The first-order chi connectivity index (χ1) is 8.35. The number of amides is 1. The highest BCUT2D eigenvalue weighted by Crippen LogP contribution is 2.41. The second-order valence-electron chi connectivity index (χ2n) is 6.38. The van der Waals surface area contributed by atoms with E-state index in [-0.39, 0.29) is 30.8 Å². The normalized spacial score (nSPS) is 35.7. The first-order valence-corrected chi connectivity index (χ1v) is 6.73. The molecule has 0 aromatic carbocycles. The van der Waals surface area contributed by atoms with E-state index in [1.165, 1.54) is 0 Å². The summed E-state index contributed by atoms with van der Waals surface area (Å²) in [6, 6.07) is -0.280. The number of aliphatic hydroxyl groups is 1. The third kappa shape index (κ3) is 2.34. The number of nitrogens with zero attached hydrogens (tertiary/aromatic N) is 1. The van der Waals surface area contributed by atoms with Crippen LogP contribution >= 0.6 is 0 Å². The zero-order chi connectivity index (χ0) is 13.5. The highest BCUT2D eigenvalue weighted by Gasteiger charge is 2.51. The smallest absolute Gasteiger partial charge is 0.410 e. The van der Waals surface area contributed by atoms with Gasteiger partial charge in [-0.3, -0.25) is 4.90 Å². The van der Waals surface area contributed by atoms with E-state index in [0.29, 0.717) is 5.92 Å². The number of aliphatic hydroxyl groups excluding tert-OH is 1. The van der Waals surface area contributed by atoms with Crippen LogP contribution in [0, 0.1) is 5.92 Å². The first-order valence-electron chi connectivity index (χ1n) is 6.73. The largest absolute Gasteiger partial charge is 0.444 e. The van der Waals surface area contributed by atoms with Gasteiger partial charge in [0.15, 0.2) is 0 Å². The third-order valence-corrected chi connectivity index (χ3v) is 3.98.